The monoisotopic (exact) mass is 351 g/mol. The number of fused-ring (bicyclic) bond motifs is 1. The first kappa shape index (κ1) is 15.4. The van der Waals surface area contributed by atoms with Gasteiger partial charge in [0.25, 0.3) is 0 Å². The summed E-state index contributed by atoms with van der Waals surface area (Å²) in [6.07, 6.45) is 10.3. The van der Waals surface area contributed by atoms with E-state index < -0.39 is 0 Å². The number of halogens is 1. The Labute approximate surface area is 136 Å². The molecule has 21 heavy (non-hydrogen) atoms. The van der Waals surface area contributed by atoms with E-state index in [1.807, 2.05) is 0 Å². The molecule has 2 aliphatic rings. The first-order chi connectivity index (χ1) is 10.2. The molecule has 0 amide bonds. The van der Waals surface area contributed by atoms with Crippen LogP contribution in [-0.4, -0.2) is 12.1 Å². The summed E-state index contributed by atoms with van der Waals surface area (Å²) in [5.41, 5.74) is 1.38. The third-order valence-electron chi connectivity index (χ3n) is 4.97. The molecule has 1 atom stereocenters. The lowest BCUT2D eigenvalue weighted by molar-refractivity contribution is 0.00659. The van der Waals surface area contributed by atoms with Crippen LogP contribution in [0.1, 0.15) is 69.9 Å². The highest BCUT2D eigenvalue weighted by atomic mass is 79.9. The second-order valence-electron chi connectivity index (χ2n) is 6.55. The van der Waals surface area contributed by atoms with E-state index in [1.54, 1.807) is 0 Å². The lowest BCUT2D eigenvalue weighted by Gasteiger charge is -2.43. The summed E-state index contributed by atoms with van der Waals surface area (Å²) in [5.74, 6) is 1.09. The van der Waals surface area contributed by atoms with Crippen LogP contribution in [0.2, 0.25) is 0 Å². The van der Waals surface area contributed by atoms with Crippen molar-refractivity contribution in [2.24, 2.45) is 0 Å². The van der Waals surface area contributed by atoms with Crippen molar-refractivity contribution >= 4 is 15.9 Å². The summed E-state index contributed by atoms with van der Waals surface area (Å²) in [7, 11) is 0. The fourth-order valence-electron chi connectivity index (χ4n) is 3.93. The summed E-state index contributed by atoms with van der Waals surface area (Å²) in [6.45, 7) is 3.20. The summed E-state index contributed by atoms with van der Waals surface area (Å²) in [5, 5.41) is 3.67. The molecule has 3 heteroatoms. The van der Waals surface area contributed by atoms with Crippen LogP contribution in [0.5, 0.6) is 5.75 Å². The van der Waals surface area contributed by atoms with Gasteiger partial charge in [-0.25, -0.2) is 0 Å². The normalized spacial score (nSPS) is 24.8. The number of nitrogens with one attached hydrogen (secondary N) is 1. The first-order valence-corrected chi connectivity index (χ1v) is 9.24. The SMILES string of the molecule is CCNC1CC2(CCCCCCC2)Oc2cc(Br)ccc21. The average molecular weight is 352 g/mol. The van der Waals surface area contributed by atoms with Gasteiger partial charge in [-0.1, -0.05) is 48.2 Å². The van der Waals surface area contributed by atoms with Gasteiger partial charge in [0.05, 0.1) is 0 Å². The zero-order valence-electron chi connectivity index (χ0n) is 13.0. The fraction of sp³-hybridized carbons (Fsp3) is 0.667. The van der Waals surface area contributed by atoms with E-state index in [2.05, 4.69) is 46.4 Å². The molecule has 0 radical (unpaired) electrons. The Kier molecular flexibility index (Phi) is 4.90. The summed E-state index contributed by atoms with van der Waals surface area (Å²) in [6, 6.07) is 6.93. The topological polar surface area (TPSA) is 21.3 Å². The van der Waals surface area contributed by atoms with E-state index in [1.165, 1.54) is 50.5 Å². The van der Waals surface area contributed by atoms with Gasteiger partial charge in [-0.2, -0.15) is 0 Å². The summed E-state index contributed by atoms with van der Waals surface area (Å²) >= 11 is 3.59. The van der Waals surface area contributed by atoms with Crippen LogP contribution >= 0.6 is 15.9 Å². The molecular formula is C18H26BrNO. The molecular weight excluding hydrogens is 326 g/mol. The number of benzene rings is 1. The highest BCUT2D eigenvalue weighted by molar-refractivity contribution is 9.10. The highest BCUT2D eigenvalue weighted by Crippen LogP contribution is 2.45. The van der Waals surface area contributed by atoms with Crippen molar-refractivity contribution in [2.75, 3.05) is 6.54 Å². The van der Waals surface area contributed by atoms with Crippen molar-refractivity contribution in [3.8, 4) is 5.75 Å². The van der Waals surface area contributed by atoms with Crippen LogP contribution < -0.4 is 10.1 Å². The smallest absolute Gasteiger partial charge is 0.126 e. The molecule has 1 aliphatic heterocycles. The maximum Gasteiger partial charge on any atom is 0.126 e. The van der Waals surface area contributed by atoms with Crippen molar-refractivity contribution in [1.82, 2.24) is 5.32 Å². The Bertz CT molecular complexity index is 480. The molecule has 3 rings (SSSR count). The summed E-state index contributed by atoms with van der Waals surface area (Å²) < 4.78 is 7.69. The zero-order chi connectivity index (χ0) is 14.7. The molecule has 116 valence electrons. The second kappa shape index (κ2) is 6.70. The molecule has 1 aromatic carbocycles. The molecule has 1 N–H and O–H groups in total. The molecule has 1 unspecified atom stereocenters. The standard InChI is InChI=1S/C18H26BrNO/c1-2-20-16-13-18(10-6-4-3-5-7-11-18)21-17-12-14(19)8-9-15(16)17/h8-9,12,16,20H,2-7,10-11,13H2,1H3. The van der Waals surface area contributed by atoms with Gasteiger partial charge >= 0.3 is 0 Å². The number of hydrogen-bond acceptors (Lipinski definition) is 2. The third kappa shape index (κ3) is 3.45. The van der Waals surface area contributed by atoms with E-state index in [0.29, 0.717) is 6.04 Å². The molecule has 1 aliphatic carbocycles. The molecule has 1 saturated carbocycles. The minimum Gasteiger partial charge on any atom is -0.487 e. The van der Waals surface area contributed by atoms with E-state index in [-0.39, 0.29) is 5.60 Å². The number of hydrogen-bond donors (Lipinski definition) is 1. The Hall–Kier alpha value is -0.540. The highest BCUT2D eigenvalue weighted by Gasteiger charge is 2.40. The van der Waals surface area contributed by atoms with Crippen molar-refractivity contribution in [3.63, 3.8) is 0 Å². The minimum atomic E-state index is 0.0566. The predicted octanol–water partition coefficient (Wildman–Crippen LogP) is 5.37. The molecule has 1 fully saturated rings. The largest absolute Gasteiger partial charge is 0.487 e. The van der Waals surface area contributed by atoms with Crippen LogP contribution in [0, 0.1) is 0 Å². The van der Waals surface area contributed by atoms with Crippen LogP contribution in [0.4, 0.5) is 0 Å². The Morgan fingerprint density at radius 3 is 2.62 bits per heavy atom. The molecule has 0 aromatic heterocycles. The Morgan fingerprint density at radius 1 is 1.19 bits per heavy atom. The van der Waals surface area contributed by atoms with Crippen molar-refractivity contribution in [1.29, 1.82) is 0 Å². The van der Waals surface area contributed by atoms with Gasteiger partial charge in [0.15, 0.2) is 0 Å². The van der Waals surface area contributed by atoms with E-state index in [0.717, 1.165) is 23.2 Å². The molecule has 1 spiro atoms. The lowest BCUT2D eigenvalue weighted by atomic mass is 9.78. The van der Waals surface area contributed by atoms with Crippen LogP contribution in [0.25, 0.3) is 0 Å². The van der Waals surface area contributed by atoms with Crippen molar-refractivity contribution in [3.05, 3.63) is 28.2 Å². The predicted molar refractivity (Wildman–Crippen MR) is 90.9 cm³/mol. The van der Waals surface area contributed by atoms with Crippen molar-refractivity contribution in [2.45, 2.75) is 69.9 Å². The fourth-order valence-corrected chi connectivity index (χ4v) is 4.27. The second-order valence-corrected chi connectivity index (χ2v) is 7.47. The first-order valence-electron chi connectivity index (χ1n) is 8.44. The van der Waals surface area contributed by atoms with Crippen LogP contribution in [0.15, 0.2) is 22.7 Å². The van der Waals surface area contributed by atoms with Crippen LogP contribution in [-0.2, 0) is 0 Å². The molecule has 1 aromatic rings. The Balaban J connectivity index is 1.90. The maximum absolute atomic E-state index is 6.58. The number of ether oxygens (including phenoxy) is 1. The van der Waals surface area contributed by atoms with Gasteiger partial charge in [0.2, 0.25) is 0 Å². The Morgan fingerprint density at radius 2 is 1.90 bits per heavy atom. The van der Waals surface area contributed by atoms with E-state index in [4.69, 9.17) is 4.74 Å². The van der Waals surface area contributed by atoms with Gasteiger partial charge in [-0.15, -0.1) is 0 Å². The van der Waals surface area contributed by atoms with E-state index in [9.17, 15) is 0 Å². The molecule has 0 bridgehead atoms. The van der Waals surface area contributed by atoms with Crippen LogP contribution in [0.3, 0.4) is 0 Å². The molecule has 1 heterocycles. The summed E-state index contributed by atoms with van der Waals surface area (Å²) in [4.78, 5) is 0. The van der Waals surface area contributed by atoms with E-state index >= 15 is 0 Å². The van der Waals surface area contributed by atoms with Gasteiger partial charge in [0, 0.05) is 22.5 Å². The average Bonchev–Trinajstić information content (AvgIpc) is 2.43. The quantitative estimate of drug-likeness (QED) is 0.773. The molecule has 0 saturated heterocycles. The van der Waals surface area contributed by atoms with Crippen molar-refractivity contribution < 1.29 is 4.74 Å². The minimum absolute atomic E-state index is 0.0566. The third-order valence-corrected chi connectivity index (χ3v) is 5.46. The number of rotatable bonds is 2. The van der Waals surface area contributed by atoms with Gasteiger partial charge in [-0.05, 0) is 44.4 Å². The zero-order valence-corrected chi connectivity index (χ0v) is 14.5. The lowest BCUT2D eigenvalue weighted by Crippen LogP contribution is -2.44. The van der Waals surface area contributed by atoms with Gasteiger partial charge < -0.3 is 10.1 Å². The molecule has 2 nitrogen and oxygen atoms in total. The van der Waals surface area contributed by atoms with Gasteiger partial charge in [-0.3, -0.25) is 0 Å². The van der Waals surface area contributed by atoms with Gasteiger partial charge in [0.1, 0.15) is 11.4 Å². The maximum atomic E-state index is 6.58.